The second-order valence-corrected chi connectivity index (χ2v) is 5.55. The van der Waals surface area contributed by atoms with E-state index in [2.05, 4.69) is 27.8 Å². The van der Waals surface area contributed by atoms with E-state index in [4.69, 9.17) is 11.6 Å². The minimum atomic E-state index is -0.221. The molecule has 0 aromatic heterocycles. The molecule has 0 aliphatic rings. The van der Waals surface area contributed by atoms with Crippen LogP contribution in [-0.4, -0.2) is 6.54 Å². The lowest BCUT2D eigenvalue weighted by atomic mass is 10.2. The molecule has 100 valence electrons. The molecule has 0 aliphatic carbocycles. The second-order valence-electron chi connectivity index (χ2n) is 4.23. The van der Waals surface area contributed by atoms with E-state index in [1.54, 1.807) is 12.1 Å². The highest BCUT2D eigenvalue weighted by molar-refractivity contribution is 9.10. The molecule has 0 atom stereocenters. The Labute approximate surface area is 126 Å². The first-order valence-corrected chi connectivity index (χ1v) is 7.21. The van der Waals surface area contributed by atoms with E-state index >= 15 is 0 Å². The van der Waals surface area contributed by atoms with Gasteiger partial charge in [0.15, 0.2) is 0 Å². The molecule has 2 aromatic rings. The molecule has 1 nitrogen and oxygen atoms in total. The van der Waals surface area contributed by atoms with Crippen LogP contribution < -0.4 is 4.90 Å². The zero-order valence-electron chi connectivity index (χ0n) is 10.5. The molecule has 0 radical (unpaired) electrons. The predicted molar refractivity (Wildman–Crippen MR) is 82.3 cm³/mol. The molecule has 0 N–H and O–H groups in total. The van der Waals surface area contributed by atoms with Crippen LogP contribution >= 0.6 is 27.5 Å². The van der Waals surface area contributed by atoms with Crippen molar-refractivity contribution in [2.45, 2.75) is 13.5 Å². The maximum Gasteiger partial charge on any atom is 0.123 e. The largest absolute Gasteiger partial charge is 0.367 e. The number of hydrogen-bond donors (Lipinski definition) is 0. The number of benzene rings is 2. The first kappa shape index (κ1) is 14.4. The van der Waals surface area contributed by atoms with Crippen molar-refractivity contribution in [3.63, 3.8) is 0 Å². The Hall–Kier alpha value is -1.06. The van der Waals surface area contributed by atoms with Crippen LogP contribution in [0.15, 0.2) is 46.9 Å². The maximum absolute atomic E-state index is 12.9. The molecule has 2 rings (SSSR count). The van der Waals surface area contributed by atoms with Gasteiger partial charge in [-0.2, -0.15) is 0 Å². The van der Waals surface area contributed by atoms with Gasteiger partial charge in [0.25, 0.3) is 0 Å². The molecule has 0 bridgehead atoms. The van der Waals surface area contributed by atoms with Gasteiger partial charge in [0.05, 0.1) is 0 Å². The Bertz CT molecular complexity index is 557. The Morgan fingerprint density at radius 2 is 1.84 bits per heavy atom. The Morgan fingerprint density at radius 1 is 1.16 bits per heavy atom. The zero-order chi connectivity index (χ0) is 13.8. The molecular weight excluding hydrogens is 329 g/mol. The van der Waals surface area contributed by atoms with E-state index in [9.17, 15) is 4.39 Å². The Kier molecular flexibility index (Phi) is 4.83. The third kappa shape index (κ3) is 3.71. The fourth-order valence-corrected chi connectivity index (χ4v) is 2.63. The summed E-state index contributed by atoms with van der Waals surface area (Å²) in [4.78, 5) is 2.15. The van der Waals surface area contributed by atoms with Crippen LogP contribution in [0.1, 0.15) is 12.5 Å². The highest BCUT2D eigenvalue weighted by Gasteiger charge is 2.08. The summed E-state index contributed by atoms with van der Waals surface area (Å²) >= 11 is 9.62. The SMILES string of the molecule is CCN(Cc1ccc(Br)cc1Cl)c1ccc(F)cc1. The summed E-state index contributed by atoms with van der Waals surface area (Å²) in [6, 6.07) is 12.4. The van der Waals surface area contributed by atoms with E-state index in [1.807, 2.05) is 18.2 Å². The van der Waals surface area contributed by atoms with Crippen molar-refractivity contribution in [2.75, 3.05) is 11.4 Å². The molecule has 4 heteroatoms. The van der Waals surface area contributed by atoms with Crippen molar-refractivity contribution in [1.29, 1.82) is 0 Å². The van der Waals surface area contributed by atoms with Gasteiger partial charge in [-0.15, -0.1) is 0 Å². The molecule has 0 saturated heterocycles. The monoisotopic (exact) mass is 341 g/mol. The van der Waals surface area contributed by atoms with Crippen molar-refractivity contribution >= 4 is 33.2 Å². The average molecular weight is 343 g/mol. The number of nitrogens with zero attached hydrogens (tertiary/aromatic N) is 1. The standard InChI is InChI=1S/C15H14BrClFN/c1-2-19(14-7-5-13(18)6-8-14)10-11-3-4-12(16)9-15(11)17/h3-9H,2,10H2,1H3. The van der Waals surface area contributed by atoms with E-state index in [0.29, 0.717) is 6.54 Å². The van der Waals surface area contributed by atoms with Gasteiger partial charge in [-0.1, -0.05) is 33.6 Å². The summed E-state index contributed by atoms with van der Waals surface area (Å²) in [5.74, 6) is -0.221. The molecule has 0 fully saturated rings. The van der Waals surface area contributed by atoms with E-state index in [1.165, 1.54) is 12.1 Å². The smallest absolute Gasteiger partial charge is 0.123 e. The summed E-state index contributed by atoms with van der Waals surface area (Å²) in [6.45, 7) is 3.60. The van der Waals surface area contributed by atoms with Crippen LogP contribution in [0.4, 0.5) is 10.1 Å². The lowest BCUT2D eigenvalue weighted by Gasteiger charge is -2.23. The van der Waals surface area contributed by atoms with E-state index < -0.39 is 0 Å². The molecule has 0 amide bonds. The molecule has 2 aromatic carbocycles. The quantitative estimate of drug-likeness (QED) is 0.732. The van der Waals surface area contributed by atoms with E-state index in [-0.39, 0.29) is 5.82 Å². The van der Waals surface area contributed by atoms with Gasteiger partial charge in [-0.25, -0.2) is 4.39 Å². The normalized spacial score (nSPS) is 10.5. The summed E-state index contributed by atoms with van der Waals surface area (Å²) in [7, 11) is 0. The highest BCUT2D eigenvalue weighted by Crippen LogP contribution is 2.25. The molecule has 19 heavy (non-hydrogen) atoms. The van der Waals surface area contributed by atoms with Crippen molar-refractivity contribution in [3.8, 4) is 0 Å². The van der Waals surface area contributed by atoms with Crippen LogP contribution in [0.5, 0.6) is 0 Å². The lowest BCUT2D eigenvalue weighted by Crippen LogP contribution is -2.22. The molecule has 0 aliphatic heterocycles. The Balaban J connectivity index is 2.21. The third-order valence-electron chi connectivity index (χ3n) is 2.95. The van der Waals surface area contributed by atoms with Crippen molar-refractivity contribution in [3.05, 3.63) is 63.3 Å². The second kappa shape index (κ2) is 6.40. The van der Waals surface area contributed by atoms with Crippen molar-refractivity contribution < 1.29 is 4.39 Å². The van der Waals surface area contributed by atoms with Gasteiger partial charge >= 0.3 is 0 Å². The van der Waals surface area contributed by atoms with E-state index in [0.717, 1.165) is 27.3 Å². The highest BCUT2D eigenvalue weighted by atomic mass is 79.9. The van der Waals surface area contributed by atoms with Crippen LogP contribution in [0, 0.1) is 5.82 Å². The van der Waals surface area contributed by atoms with Gasteiger partial charge in [-0.3, -0.25) is 0 Å². The first-order valence-electron chi connectivity index (χ1n) is 6.04. The molecular formula is C15H14BrClFN. The van der Waals surface area contributed by atoms with Gasteiger partial charge in [-0.05, 0) is 48.9 Å². The molecule has 0 heterocycles. The van der Waals surface area contributed by atoms with Crippen LogP contribution in [-0.2, 0) is 6.54 Å². The third-order valence-corrected chi connectivity index (χ3v) is 3.79. The molecule has 0 saturated carbocycles. The first-order chi connectivity index (χ1) is 9.10. The zero-order valence-corrected chi connectivity index (χ0v) is 12.9. The molecule has 0 unspecified atom stereocenters. The van der Waals surface area contributed by atoms with Crippen molar-refractivity contribution in [1.82, 2.24) is 0 Å². The van der Waals surface area contributed by atoms with Gasteiger partial charge < -0.3 is 4.90 Å². The summed E-state index contributed by atoms with van der Waals surface area (Å²) in [5.41, 5.74) is 2.04. The fraction of sp³-hybridized carbons (Fsp3) is 0.200. The van der Waals surface area contributed by atoms with Crippen LogP contribution in [0.25, 0.3) is 0 Å². The summed E-state index contributed by atoms with van der Waals surface area (Å²) in [6.07, 6.45) is 0. The maximum atomic E-state index is 12.9. The molecule has 0 spiro atoms. The Morgan fingerprint density at radius 3 is 2.42 bits per heavy atom. The fourth-order valence-electron chi connectivity index (χ4n) is 1.89. The van der Waals surface area contributed by atoms with Gasteiger partial charge in [0.1, 0.15) is 5.82 Å². The van der Waals surface area contributed by atoms with Gasteiger partial charge in [0.2, 0.25) is 0 Å². The number of rotatable bonds is 4. The average Bonchev–Trinajstić information content (AvgIpc) is 2.39. The van der Waals surface area contributed by atoms with Crippen molar-refractivity contribution in [2.24, 2.45) is 0 Å². The number of anilines is 1. The van der Waals surface area contributed by atoms with Crippen LogP contribution in [0.2, 0.25) is 5.02 Å². The number of halogens is 3. The summed E-state index contributed by atoms with van der Waals surface area (Å²) in [5, 5.41) is 0.731. The van der Waals surface area contributed by atoms with Gasteiger partial charge in [0, 0.05) is 28.3 Å². The minimum absolute atomic E-state index is 0.221. The summed E-state index contributed by atoms with van der Waals surface area (Å²) < 4.78 is 13.9. The topological polar surface area (TPSA) is 3.24 Å². The lowest BCUT2D eigenvalue weighted by molar-refractivity contribution is 0.627. The van der Waals surface area contributed by atoms with Crippen LogP contribution in [0.3, 0.4) is 0 Å². The predicted octanol–water partition coefficient (Wildman–Crippen LogP) is 5.27. The minimum Gasteiger partial charge on any atom is -0.367 e. The number of hydrogen-bond acceptors (Lipinski definition) is 1.